The lowest BCUT2D eigenvalue weighted by atomic mass is 9.97. The number of hydrogen-bond donors (Lipinski definition) is 1. The van der Waals surface area contributed by atoms with Crippen molar-refractivity contribution in [1.29, 1.82) is 0 Å². The van der Waals surface area contributed by atoms with E-state index in [1.54, 1.807) is 0 Å². The summed E-state index contributed by atoms with van der Waals surface area (Å²) in [6, 6.07) is 0.618. The van der Waals surface area contributed by atoms with Gasteiger partial charge in [-0.3, -0.25) is 0 Å². The molecule has 12 heavy (non-hydrogen) atoms. The van der Waals surface area contributed by atoms with Crippen LogP contribution in [0.1, 0.15) is 19.8 Å². The standard InChI is InChI=1S/C10H17NS/c1-3-4-5-10(11-2)9-6-7-12-8-9/h9-11H,5-8H2,1-2H3. The SMILES string of the molecule is CC#CCC(NC)C1CCSC1. The first-order valence-corrected chi connectivity index (χ1v) is 5.68. The van der Waals surface area contributed by atoms with Gasteiger partial charge in [0.25, 0.3) is 0 Å². The molecule has 68 valence electrons. The summed E-state index contributed by atoms with van der Waals surface area (Å²) in [6.07, 6.45) is 2.37. The van der Waals surface area contributed by atoms with Gasteiger partial charge in [0.2, 0.25) is 0 Å². The Hall–Kier alpha value is -0.130. The van der Waals surface area contributed by atoms with Crippen molar-refractivity contribution in [3.05, 3.63) is 0 Å². The van der Waals surface area contributed by atoms with Gasteiger partial charge in [-0.05, 0) is 37.8 Å². The van der Waals surface area contributed by atoms with Gasteiger partial charge in [-0.1, -0.05) is 0 Å². The second kappa shape index (κ2) is 5.50. The Morgan fingerprint density at radius 1 is 1.67 bits per heavy atom. The summed E-state index contributed by atoms with van der Waals surface area (Å²) in [6.45, 7) is 1.91. The summed E-state index contributed by atoms with van der Waals surface area (Å²) >= 11 is 2.07. The van der Waals surface area contributed by atoms with E-state index in [0.29, 0.717) is 6.04 Å². The monoisotopic (exact) mass is 183 g/mol. The normalized spacial score (nSPS) is 24.7. The predicted octanol–water partition coefficient (Wildman–Crippen LogP) is 1.74. The summed E-state index contributed by atoms with van der Waals surface area (Å²) in [4.78, 5) is 0. The van der Waals surface area contributed by atoms with Gasteiger partial charge in [0.1, 0.15) is 0 Å². The molecule has 1 nitrogen and oxygen atoms in total. The van der Waals surface area contributed by atoms with Crippen LogP contribution in [0.2, 0.25) is 0 Å². The third kappa shape index (κ3) is 2.73. The van der Waals surface area contributed by atoms with E-state index in [9.17, 15) is 0 Å². The minimum atomic E-state index is 0.618. The molecule has 0 aromatic rings. The lowest BCUT2D eigenvalue weighted by Gasteiger charge is -2.19. The minimum Gasteiger partial charge on any atom is -0.316 e. The third-order valence-corrected chi connectivity index (χ3v) is 3.59. The average molecular weight is 183 g/mol. The van der Waals surface area contributed by atoms with Gasteiger partial charge in [-0.15, -0.1) is 11.8 Å². The Labute approximate surface area is 79.7 Å². The Bertz CT molecular complexity index is 174. The molecular formula is C10H17NS. The summed E-state index contributed by atoms with van der Waals surface area (Å²) in [5.41, 5.74) is 0. The van der Waals surface area contributed by atoms with Crippen molar-refractivity contribution in [3.8, 4) is 11.8 Å². The van der Waals surface area contributed by atoms with Crippen LogP contribution in [0.25, 0.3) is 0 Å². The molecule has 0 aliphatic carbocycles. The minimum absolute atomic E-state index is 0.618. The van der Waals surface area contributed by atoms with E-state index in [1.165, 1.54) is 17.9 Å². The average Bonchev–Trinajstić information content (AvgIpc) is 2.59. The highest BCUT2D eigenvalue weighted by molar-refractivity contribution is 7.99. The van der Waals surface area contributed by atoms with Gasteiger partial charge < -0.3 is 5.32 Å². The second-order valence-corrected chi connectivity index (χ2v) is 4.30. The first-order valence-electron chi connectivity index (χ1n) is 4.53. The lowest BCUT2D eigenvalue weighted by molar-refractivity contribution is 0.413. The van der Waals surface area contributed by atoms with Gasteiger partial charge in [0.05, 0.1) is 0 Å². The molecule has 1 fully saturated rings. The van der Waals surface area contributed by atoms with Crippen molar-refractivity contribution < 1.29 is 0 Å². The number of nitrogens with one attached hydrogen (secondary N) is 1. The van der Waals surface area contributed by atoms with E-state index in [-0.39, 0.29) is 0 Å². The topological polar surface area (TPSA) is 12.0 Å². The van der Waals surface area contributed by atoms with Crippen LogP contribution < -0.4 is 5.32 Å². The zero-order valence-electron chi connectivity index (χ0n) is 7.89. The van der Waals surface area contributed by atoms with Gasteiger partial charge in [-0.25, -0.2) is 0 Å². The molecule has 0 aromatic carbocycles. The van der Waals surface area contributed by atoms with Crippen LogP contribution >= 0.6 is 11.8 Å². The second-order valence-electron chi connectivity index (χ2n) is 3.15. The van der Waals surface area contributed by atoms with Crippen LogP contribution in [-0.4, -0.2) is 24.6 Å². The molecule has 0 aromatic heterocycles. The first-order chi connectivity index (χ1) is 5.88. The fourth-order valence-corrected chi connectivity index (χ4v) is 2.92. The molecule has 0 radical (unpaired) electrons. The van der Waals surface area contributed by atoms with Crippen molar-refractivity contribution in [3.63, 3.8) is 0 Å². The molecule has 0 saturated carbocycles. The predicted molar refractivity (Wildman–Crippen MR) is 56.3 cm³/mol. The lowest BCUT2D eigenvalue weighted by Crippen LogP contribution is -2.33. The maximum absolute atomic E-state index is 3.36. The zero-order valence-corrected chi connectivity index (χ0v) is 8.71. The van der Waals surface area contributed by atoms with E-state index in [4.69, 9.17) is 0 Å². The Morgan fingerprint density at radius 3 is 3.00 bits per heavy atom. The fourth-order valence-electron chi connectivity index (χ4n) is 1.59. The molecular weight excluding hydrogens is 166 g/mol. The highest BCUT2D eigenvalue weighted by atomic mass is 32.2. The van der Waals surface area contributed by atoms with E-state index in [1.807, 2.05) is 14.0 Å². The quantitative estimate of drug-likeness (QED) is 0.669. The number of hydrogen-bond acceptors (Lipinski definition) is 2. The molecule has 0 amide bonds. The molecule has 2 unspecified atom stereocenters. The van der Waals surface area contributed by atoms with Crippen LogP contribution in [0.4, 0.5) is 0 Å². The highest BCUT2D eigenvalue weighted by Gasteiger charge is 2.23. The molecule has 1 saturated heterocycles. The van der Waals surface area contributed by atoms with E-state index < -0.39 is 0 Å². The smallest absolute Gasteiger partial charge is 0.0246 e. The number of rotatable bonds is 3. The maximum atomic E-state index is 3.36. The molecule has 1 N–H and O–H groups in total. The summed E-state index contributed by atoms with van der Waals surface area (Å²) in [7, 11) is 2.05. The van der Waals surface area contributed by atoms with Gasteiger partial charge in [0, 0.05) is 12.5 Å². The van der Waals surface area contributed by atoms with Crippen LogP contribution in [0.5, 0.6) is 0 Å². The largest absolute Gasteiger partial charge is 0.316 e. The zero-order chi connectivity index (χ0) is 8.81. The van der Waals surface area contributed by atoms with Crippen molar-refractivity contribution in [2.45, 2.75) is 25.8 Å². The van der Waals surface area contributed by atoms with Gasteiger partial charge >= 0.3 is 0 Å². The molecule has 1 rings (SSSR count). The van der Waals surface area contributed by atoms with Crippen LogP contribution in [-0.2, 0) is 0 Å². The Morgan fingerprint density at radius 2 is 2.50 bits per heavy atom. The molecule has 0 bridgehead atoms. The summed E-state index contributed by atoms with van der Waals surface area (Å²) < 4.78 is 0. The summed E-state index contributed by atoms with van der Waals surface area (Å²) in [5, 5.41) is 3.36. The summed E-state index contributed by atoms with van der Waals surface area (Å²) in [5.74, 6) is 9.61. The Kier molecular flexibility index (Phi) is 4.57. The Balaban J connectivity index is 2.35. The highest BCUT2D eigenvalue weighted by Crippen LogP contribution is 2.27. The van der Waals surface area contributed by atoms with Crippen molar-refractivity contribution >= 4 is 11.8 Å². The van der Waals surface area contributed by atoms with Gasteiger partial charge in [0.15, 0.2) is 0 Å². The molecule has 1 aliphatic rings. The van der Waals surface area contributed by atoms with E-state index in [0.717, 1.165) is 12.3 Å². The third-order valence-electron chi connectivity index (χ3n) is 2.40. The van der Waals surface area contributed by atoms with Crippen molar-refractivity contribution in [1.82, 2.24) is 5.32 Å². The fraction of sp³-hybridized carbons (Fsp3) is 0.800. The van der Waals surface area contributed by atoms with E-state index in [2.05, 4.69) is 28.9 Å². The molecule has 1 heterocycles. The van der Waals surface area contributed by atoms with Crippen molar-refractivity contribution in [2.24, 2.45) is 5.92 Å². The maximum Gasteiger partial charge on any atom is 0.0246 e. The number of thioether (sulfide) groups is 1. The van der Waals surface area contributed by atoms with E-state index >= 15 is 0 Å². The van der Waals surface area contributed by atoms with Gasteiger partial charge in [-0.2, -0.15) is 11.8 Å². The van der Waals surface area contributed by atoms with Crippen LogP contribution in [0, 0.1) is 17.8 Å². The van der Waals surface area contributed by atoms with Crippen LogP contribution in [0.3, 0.4) is 0 Å². The van der Waals surface area contributed by atoms with Crippen molar-refractivity contribution in [2.75, 3.05) is 18.6 Å². The van der Waals surface area contributed by atoms with Crippen LogP contribution in [0.15, 0.2) is 0 Å². The first kappa shape index (κ1) is 9.95. The molecule has 2 heteroatoms. The molecule has 2 atom stereocenters. The molecule has 1 aliphatic heterocycles. The molecule has 0 spiro atoms.